The molecule has 94 valence electrons. The van der Waals surface area contributed by atoms with Crippen molar-refractivity contribution in [3.63, 3.8) is 0 Å². The zero-order chi connectivity index (χ0) is 12.9. The second-order valence-corrected chi connectivity index (χ2v) is 3.76. The summed E-state index contributed by atoms with van der Waals surface area (Å²) in [7, 11) is 0. The summed E-state index contributed by atoms with van der Waals surface area (Å²) in [5.41, 5.74) is 1.17. The van der Waals surface area contributed by atoms with E-state index < -0.39 is 0 Å². The van der Waals surface area contributed by atoms with E-state index in [1.165, 1.54) is 5.56 Å². The van der Waals surface area contributed by atoms with Crippen LogP contribution in [0.15, 0.2) is 91.0 Å². The van der Waals surface area contributed by atoms with Gasteiger partial charge in [0.15, 0.2) is 0 Å². The molecule has 0 spiro atoms. The average Bonchev–Trinajstić information content (AvgIpc) is 3.17. The van der Waals surface area contributed by atoms with Gasteiger partial charge in [-0.25, -0.2) is 24.3 Å². The molecule has 0 atom stereocenters. The SMILES string of the molecule is [Fe]=[CH]c1ccccc1.c1cc[cH-]c1.c1cc[cH-]c1. The van der Waals surface area contributed by atoms with Gasteiger partial charge in [0.1, 0.15) is 0 Å². The molecule has 0 heterocycles. The monoisotopic (exact) mass is 276 g/mol. The van der Waals surface area contributed by atoms with Crippen molar-refractivity contribution in [3.8, 4) is 0 Å². The van der Waals surface area contributed by atoms with Gasteiger partial charge in [0.05, 0.1) is 0 Å². The predicted molar refractivity (Wildman–Crippen MR) is 75.7 cm³/mol. The fourth-order valence-corrected chi connectivity index (χ4v) is 1.38. The molecule has 0 unspecified atom stereocenters. The minimum absolute atomic E-state index is 1.17. The zero-order valence-corrected chi connectivity index (χ0v) is 11.2. The van der Waals surface area contributed by atoms with Crippen molar-refractivity contribution in [2.24, 2.45) is 0 Å². The molecule has 0 aliphatic rings. The molecule has 18 heavy (non-hydrogen) atoms. The number of benzene rings is 1. The minimum Gasteiger partial charge on any atom is -0.214 e. The molecule has 3 aromatic carbocycles. The van der Waals surface area contributed by atoms with Gasteiger partial charge >= 0.3 is 56.4 Å². The van der Waals surface area contributed by atoms with Crippen LogP contribution >= 0.6 is 0 Å². The first-order valence-corrected chi connectivity index (χ1v) is 6.37. The van der Waals surface area contributed by atoms with Crippen LogP contribution < -0.4 is 0 Å². The molecule has 3 rings (SSSR count). The standard InChI is InChI=1S/C7H6.2C5H5.Fe/c1-7-5-3-2-4-6-7;2*1-2-4-5-3-1;/h1-6H;2*1-5H;/q;2*-1;. The number of rotatable bonds is 1. The van der Waals surface area contributed by atoms with Crippen molar-refractivity contribution in [2.75, 3.05) is 0 Å². The Bertz CT molecular complexity index is 403. The van der Waals surface area contributed by atoms with Gasteiger partial charge in [-0.3, -0.25) is 0 Å². The molecule has 0 aliphatic heterocycles. The van der Waals surface area contributed by atoms with E-state index in [4.69, 9.17) is 0 Å². The van der Waals surface area contributed by atoms with Gasteiger partial charge in [-0.15, -0.1) is 0 Å². The Hall–Kier alpha value is -1.69. The van der Waals surface area contributed by atoms with Crippen molar-refractivity contribution in [1.29, 1.82) is 0 Å². The first-order chi connectivity index (χ1) is 8.93. The number of hydrogen-bond acceptors (Lipinski definition) is 0. The molecule has 0 fully saturated rings. The van der Waals surface area contributed by atoms with Gasteiger partial charge in [0.2, 0.25) is 0 Å². The van der Waals surface area contributed by atoms with Crippen LogP contribution in [-0.2, 0) is 15.6 Å². The van der Waals surface area contributed by atoms with Gasteiger partial charge < -0.3 is 0 Å². The Morgan fingerprint density at radius 3 is 1.33 bits per heavy atom. The largest absolute Gasteiger partial charge is 0.214 e. The van der Waals surface area contributed by atoms with Gasteiger partial charge in [0.25, 0.3) is 0 Å². The summed E-state index contributed by atoms with van der Waals surface area (Å²) < 4.78 is 0. The third-order valence-corrected chi connectivity index (χ3v) is 2.40. The molecular formula is C17H16Fe-2. The number of hydrogen-bond donors (Lipinski definition) is 0. The molecule has 0 saturated carbocycles. The van der Waals surface area contributed by atoms with Gasteiger partial charge in [0, 0.05) is 0 Å². The fourth-order valence-electron chi connectivity index (χ4n) is 1.16. The third-order valence-electron chi connectivity index (χ3n) is 2.03. The molecule has 3 aromatic rings. The van der Waals surface area contributed by atoms with Crippen LogP contribution in [0.3, 0.4) is 0 Å². The zero-order valence-electron chi connectivity index (χ0n) is 10.1. The van der Waals surface area contributed by atoms with Crippen molar-refractivity contribution >= 4 is 4.92 Å². The van der Waals surface area contributed by atoms with Gasteiger partial charge in [-0.1, -0.05) is 0 Å². The van der Waals surface area contributed by atoms with Crippen LogP contribution in [0.5, 0.6) is 0 Å². The Kier molecular flexibility index (Phi) is 8.35. The van der Waals surface area contributed by atoms with Crippen molar-refractivity contribution in [1.82, 2.24) is 0 Å². The quantitative estimate of drug-likeness (QED) is 0.461. The van der Waals surface area contributed by atoms with Crippen LogP contribution in [0.2, 0.25) is 0 Å². The van der Waals surface area contributed by atoms with Crippen molar-refractivity contribution in [3.05, 3.63) is 96.6 Å². The van der Waals surface area contributed by atoms with Gasteiger partial charge in [-0.05, 0) is 0 Å². The van der Waals surface area contributed by atoms with Crippen molar-refractivity contribution < 1.29 is 15.6 Å². The molecule has 1 heteroatoms. The predicted octanol–water partition coefficient (Wildman–Crippen LogP) is 4.19. The Labute approximate surface area is 117 Å². The van der Waals surface area contributed by atoms with E-state index in [1.807, 2.05) is 95.9 Å². The Morgan fingerprint density at radius 1 is 0.667 bits per heavy atom. The molecule has 0 radical (unpaired) electrons. The van der Waals surface area contributed by atoms with Crippen LogP contribution in [0, 0.1) is 0 Å². The normalized spacial score (nSPS) is 8.28. The topological polar surface area (TPSA) is 0 Å². The van der Waals surface area contributed by atoms with E-state index in [0.29, 0.717) is 0 Å². The molecule has 0 nitrogen and oxygen atoms in total. The summed E-state index contributed by atoms with van der Waals surface area (Å²) >= 11 is 3.63. The second-order valence-electron chi connectivity index (χ2n) is 3.44. The van der Waals surface area contributed by atoms with E-state index in [2.05, 4.69) is 15.6 Å². The molecule has 0 amide bonds. The molecule has 0 aromatic heterocycles. The van der Waals surface area contributed by atoms with Gasteiger partial charge in [-0.2, -0.15) is 36.4 Å². The summed E-state index contributed by atoms with van der Waals surface area (Å²) in [4.78, 5) is 1.83. The molecule has 0 bridgehead atoms. The van der Waals surface area contributed by atoms with Crippen LogP contribution in [-0.4, -0.2) is 4.92 Å². The third kappa shape index (κ3) is 7.56. The Balaban J connectivity index is 0.000000141. The van der Waals surface area contributed by atoms with Crippen LogP contribution in [0.1, 0.15) is 5.56 Å². The minimum atomic E-state index is 1.17. The van der Waals surface area contributed by atoms with E-state index in [-0.39, 0.29) is 0 Å². The van der Waals surface area contributed by atoms with E-state index in [1.54, 1.807) is 0 Å². The fraction of sp³-hybridized carbons (Fsp3) is 0. The first-order valence-electron chi connectivity index (χ1n) is 5.74. The average molecular weight is 276 g/mol. The summed E-state index contributed by atoms with van der Waals surface area (Å²) in [6.07, 6.45) is 0. The van der Waals surface area contributed by atoms with E-state index in [0.717, 1.165) is 0 Å². The van der Waals surface area contributed by atoms with Crippen molar-refractivity contribution in [2.45, 2.75) is 0 Å². The van der Waals surface area contributed by atoms with Crippen LogP contribution in [0.25, 0.3) is 0 Å². The molecule has 0 saturated heterocycles. The summed E-state index contributed by atoms with van der Waals surface area (Å²) in [5.74, 6) is 0. The summed E-state index contributed by atoms with van der Waals surface area (Å²) in [6.45, 7) is 0. The Morgan fingerprint density at radius 2 is 1.11 bits per heavy atom. The van der Waals surface area contributed by atoms with Crippen LogP contribution in [0.4, 0.5) is 0 Å². The summed E-state index contributed by atoms with van der Waals surface area (Å²) in [6, 6.07) is 30.0. The maximum Gasteiger partial charge on any atom is -0.172 e. The molecule has 0 aliphatic carbocycles. The maximum absolute atomic E-state index is 3.63. The summed E-state index contributed by atoms with van der Waals surface area (Å²) in [5, 5.41) is 0. The van der Waals surface area contributed by atoms with E-state index >= 15 is 0 Å². The second kappa shape index (κ2) is 10.5. The molecular weight excluding hydrogens is 260 g/mol. The first kappa shape index (κ1) is 14.4. The molecule has 0 N–H and O–H groups in total. The maximum atomic E-state index is 3.63. The smallest absolute Gasteiger partial charge is 0.172 e. The van der Waals surface area contributed by atoms with E-state index in [9.17, 15) is 0 Å².